The molecule has 0 unspecified atom stereocenters. The van der Waals surface area contributed by atoms with E-state index >= 15 is 0 Å². The molecule has 1 aliphatic rings. The third kappa shape index (κ3) is 4.28. The van der Waals surface area contributed by atoms with Crippen LogP contribution in [0.5, 0.6) is 0 Å². The molecule has 0 fully saturated rings. The monoisotopic (exact) mass is 355 g/mol. The minimum Gasteiger partial charge on any atom is -0.347 e. The van der Waals surface area contributed by atoms with Crippen LogP contribution in [-0.2, 0) is 24.3 Å². The Kier molecular flexibility index (Phi) is 5.65. The molecule has 1 aromatic heterocycles. The van der Waals surface area contributed by atoms with Gasteiger partial charge in [0.15, 0.2) is 5.82 Å². The molecule has 0 saturated carbocycles. The summed E-state index contributed by atoms with van der Waals surface area (Å²) in [6, 6.07) is 5.50. The molecular formula is C19H25N5O2. The van der Waals surface area contributed by atoms with Crippen LogP contribution in [0.1, 0.15) is 52.4 Å². The smallest absolute Gasteiger partial charge is 0.251 e. The first kappa shape index (κ1) is 18.1. The number of aromatic nitrogens is 3. The molecule has 3 rings (SSSR count). The quantitative estimate of drug-likeness (QED) is 0.854. The van der Waals surface area contributed by atoms with Crippen molar-refractivity contribution < 1.29 is 9.59 Å². The van der Waals surface area contributed by atoms with Gasteiger partial charge in [-0.25, -0.2) is 0 Å². The maximum Gasteiger partial charge on any atom is 0.251 e. The number of nitrogens with one attached hydrogen (secondary N) is 2. The summed E-state index contributed by atoms with van der Waals surface area (Å²) in [5, 5.41) is 13.9. The molecular weight excluding hydrogens is 330 g/mol. The van der Waals surface area contributed by atoms with Gasteiger partial charge in [-0.1, -0.05) is 12.5 Å². The van der Waals surface area contributed by atoms with Gasteiger partial charge in [0, 0.05) is 18.5 Å². The van der Waals surface area contributed by atoms with Crippen molar-refractivity contribution in [2.45, 2.75) is 52.6 Å². The third-order valence-electron chi connectivity index (χ3n) is 4.81. The standard InChI is InChI=1S/C19H25N5O2/c1-13-7-8-15(10-14(13)2)19(26)21-12-18(25)20-11-17-23-22-16-6-4-3-5-9-24(16)17/h7-8,10H,3-6,9,11-12H2,1-2H3,(H,20,25)(H,21,26). The number of hydrogen-bond donors (Lipinski definition) is 2. The van der Waals surface area contributed by atoms with E-state index in [1.807, 2.05) is 26.0 Å². The molecule has 0 radical (unpaired) electrons. The van der Waals surface area contributed by atoms with Gasteiger partial charge in [-0.05, 0) is 49.9 Å². The van der Waals surface area contributed by atoms with Crippen LogP contribution in [0.15, 0.2) is 18.2 Å². The molecule has 2 N–H and O–H groups in total. The Hall–Kier alpha value is -2.70. The number of carbonyl (C=O) groups is 2. The zero-order valence-corrected chi connectivity index (χ0v) is 15.3. The number of aryl methyl sites for hydroxylation is 3. The van der Waals surface area contributed by atoms with E-state index in [2.05, 4.69) is 25.4 Å². The van der Waals surface area contributed by atoms with Crippen molar-refractivity contribution in [3.05, 3.63) is 46.5 Å². The van der Waals surface area contributed by atoms with E-state index in [0.29, 0.717) is 12.1 Å². The molecule has 1 aromatic carbocycles. The number of benzene rings is 1. The summed E-state index contributed by atoms with van der Waals surface area (Å²) in [6.45, 7) is 5.12. The van der Waals surface area contributed by atoms with E-state index in [0.717, 1.165) is 48.6 Å². The average Bonchev–Trinajstić information content (AvgIpc) is 2.86. The average molecular weight is 355 g/mol. The molecule has 1 aliphatic heterocycles. The van der Waals surface area contributed by atoms with E-state index in [9.17, 15) is 9.59 Å². The summed E-state index contributed by atoms with van der Waals surface area (Å²) in [5.41, 5.74) is 2.74. The first-order valence-electron chi connectivity index (χ1n) is 9.07. The van der Waals surface area contributed by atoms with Crippen LogP contribution >= 0.6 is 0 Å². The molecule has 0 spiro atoms. The molecule has 26 heavy (non-hydrogen) atoms. The van der Waals surface area contributed by atoms with Gasteiger partial charge in [-0.2, -0.15) is 0 Å². The van der Waals surface area contributed by atoms with Crippen LogP contribution in [0.3, 0.4) is 0 Å². The zero-order valence-electron chi connectivity index (χ0n) is 15.3. The highest BCUT2D eigenvalue weighted by Gasteiger charge is 2.15. The number of carbonyl (C=O) groups excluding carboxylic acids is 2. The molecule has 7 nitrogen and oxygen atoms in total. The topological polar surface area (TPSA) is 88.9 Å². The highest BCUT2D eigenvalue weighted by molar-refractivity contribution is 5.96. The van der Waals surface area contributed by atoms with E-state index in [4.69, 9.17) is 0 Å². The second kappa shape index (κ2) is 8.12. The summed E-state index contributed by atoms with van der Waals surface area (Å²) in [6.07, 6.45) is 4.37. The lowest BCUT2D eigenvalue weighted by Crippen LogP contribution is -2.37. The molecule has 7 heteroatoms. The normalized spacial score (nSPS) is 13.6. The van der Waals surface area contributed by atoms with Crippen molar-refractivity contribution in [2.24, 2.45) is 0 Å². The predicted molar refractivity (Wildman–Crippen MR) is 97.7 cm³/mol. The molecule has 0 bridgehead atoms. The lowest BCUT2D eigenvalue weighted by Gasteiger charge is -2.09. The fraction of sp³-hybridized carbons (Fsp3) is 0.474. The van der Waals surface area contributed by atoms with Crippen molar-refractivity contribution in [3.8, 4) is 0 Å². The van der Waals surface area contributed by atoms with Gasteiger partial charge < -0.3 is 15.2 Å². The van der Waals surface area contributed by atoms with Crippen LogP contribution in [0, 0.1) is 13.8 Å². The molecule has 138 valence electrons. The number of fused-ring (bicyclic) bond motifs is 1. The van der Waals surface area contributed by atoms with E-state index < -0.39 is 0 Å². The molecule has 0 saturated heterocycles. The number of rotatable bonds is 5. The van der Waals surface area contributed by atoms with Crippen molar-refractivity contribution in [2.75, 3.05) is 6.54 Å². The van der Waals surface area contributed by atoms with Gasteiger partial charge in [0.05, 0.1) is 13.1 Å². The summed E-state index contributed by atoms with van der Waals surface area (Å²) in [4.78, 5) is 24.2. The van der Waals surface area contributed by atoms with Gasteiger partial charge in [-0.3, -0.25) is 9.59 Å². The minimum atomic E-state index is -0.250. The summed E-state index contributed by atoms with van der Waals surface area (Å²) in [5.74, 6) is 1.28. The fourth-order valence-electron chi connectivity index (χ4n) is 3.06. The first-order valence-corrected chi connectivity index (χ1v) is 9.07. The van der Waals surface area contributed by atoms with E-state index in [1.165, 1.54) is 6.42 Å². The molecule has 2 amide bonds. The van der Waals surface area contributed by atoms with Crippen molar-refractivity contribution in [3.63, 3.8) is 0 Å². The lowest BCUT2D eigenvalue weighted by molar-refractivity contribution is -0.120. The Morgan fingerprint density at radius 1 is 1.08 bits per heavy atom. The maximum absolute atomic E-state index is 12.2. The minimum absolute atomic E-state index is 0.0627. The SMILES string of the molecule is Cc1ccc(C(=O)NCC(=O)NCc2nnc3n2CCCCC3)cc1C. The van der Waals surface area contributed by atoms with Crippen molar-refractivity contribution in [1.82, 2.24) is 25.4 Å². The second-order valence-electron chi connectivity index (χ2n) is 6.75. The number of hydrogen-bond acceptors (Lipinski definition) is 4. The molecule has 0 aliphatic carbocycles. The van der Waals surface area contributed by atoms with Crippen LogP contribution in [0.25, 0.3) is 0 Å². The Morgan fingerprint density at radius 3 is 2.73 bits per heavy atom. The number of amides is 2. The molecule has 0 atom stereocenters. The zero-order chi connectivity index (χ0) is 18.5. The largest absolute Gasteiger partial charge is 0.347 e. The van der Waals surface area contributed by atoms with Gasteiger partial charge in [-0.15, -0.1) is 10.2 Å². The Balaban J connectivity index is 1.49. The molecule has 2 aromatic rings. The Bertz CT molecular complexity index is 812. The maximum atomic E-state index is 12.2. The first-order chi connectivity index (χ1) is 12.5. The summed E-state index contributed by atoms with van der Waals surface area (Å²) >= 11 is 0. The Morgan fingerprint density at radius 2 is 1.92 bits per heavy atom. The van der Waals surface area contributed by atoms with Crippen molar-refractivity contribution in [1.29, 1.82) is 0 Å². The lowest BCUT2D eigenvalue weighted by atomic mass is 10.1. The summed E-state index contributed by atoms with van der Waals surface area (Å²) < 4.78 is 2.10. The van der Waals surface area contributed by atoms with Gasteiger partial charge in [0.25, 0.3) is 5.91 Å². The second-order valence-corrected chi connectivity index (χ2v) is 6.75. The highest BCUT2D eigenvalue weighted by atomic mass is 16.2. The van der Waals surface area contributed by atoms with Crippen molar-refractivity contribution >= 4 is 11.8 Å². The Labute approximate surface area is 153 Å². The van der Waals surface area contributed by atoms with Crippen LogP contribution in [0.4, 0.5) is 0 Å². The third-order valence-corrected chi connectivity index (χ3v) is 4.81. The highest BCUT2D eigenvalue weighted by Crippen LogP contribution is 2.14. The fourth-order valence-corrected chi connectivity index (χ4v) is 3.06. The molecule has 2 heterocycles. The van der Waals surface area contributed by atoms with E-state index in [-0.39, 0.29) is 18.4 Å². The van der Waals surface area contributed by atoms with Gasteiger partial charge in [0.1, 0.15) is 5.82 Å². The predicted octanol–water partition coefficient (Wildman–Crippen LogP) is 1.67. The van der Waals surface area contributed by atoms with Gasteiger partial charge >= 0.3 is 0 Å². The summed E-state index contributed by atoms with van der Waals surface area (Å²) in [7, 11) is 0. The van der Waals surface area contributed by atoms with Gasteiger partial charge in [0.2, 0.25) is 5.91 Å². The van der Waals surface area contributed by atoms with Crippen LogP contribution < -0.4 is 10.6 Å². The van der Waals surface area contributed by atoms with Crippen LogP contribution in [-0.4, -0.2) is 33.1 Å². The number of nitrogens with zero attached hydrogens (tertiary/aromatic N) is 3. The van der Waals surface area contributed by atoms with Crippen LogP contribution in [0.2, 0.25) is 0 Å². The van der Waals surface area contributed by atoms with E-state index in [1.54, 1.807) is 6.07 Å².